The molecule has 0 aliphatic carbocycles. The number of carbonyl (C=O) groups excluding carboxylic acids is 1. The van der Waals surface area contributed by atoms with E-state index in [2.05, 4.69) is 10.2 Å². The molecule has 25 heavy (non-hydrogen) atoms. The third kappa shape index (κ3) is 3.58. The van der Waals surface area contributed by atoms with E-state index in [4.69, 9.17) is 34.6 Å². The summed E-state index contributed by atoms with van der Waals surface area (Å²) in [5, 5.41) is 7.83. The zero-order valence-electron chi connectivity index (χ0n) is 13.3. The molecular formula is C16H13ClN2O6. The summed E-state index contributed by atoms with van der Waals surface area (Å²) in [7, 11) is 2.89. The highest BCUT2D eigenvalue weighted by molar-refractivity contribution is 6.32. The Hall–Kier alpha value is -3.00. The highest BCUT2D eigenvalue weighted by Gasteiger charge is 2.18. The Kier molecular flexibility index (Phi) is 4.90. The van der Waals surface area contributed by atoms with Gasteiger partial charge in [-0.25, -0.2) is 4.79 Å². The first-order chi connectivity index (χ1) is 12.1. The molecule has 2 heterocycles. The van der Waals surface area contributed by atoms with Gasteiger partial charge >= 0.3 is 5.97 Å². The number of hydrogen-bond donors (Lipinski definition) is 0. The molecule has 130 valence electrons. The van der Waals surface area contributed by atoms with Crippen molar-refractivity contribution in [3.8, 4) is 23.1 Å². The number of furan rings is 1. The summed E-state index contributed by atoms with van der Waals surface area (Å²) in [5.41, 5.74) is 0.202. The standard InChI is InChI=1S/C16H13ClN2O6/c1-21-12-7-9(6-10(17)14(12)22-2)16(20)24-8-13-18-19-15(25-13)11-4-3-5-23-11/h3-7H,8H2,1-2H3. The third-order valence-electron chi connectivity index (χ3n) is 3.19. The minimum atomic E-state index is -0.624. The maximum Gasteiger partial charge on any atom is 0.338 e. The fourth-order valence-corrected chi connectivity index (χ4v) is 2.35. The van der Waals surface area contributed by atoms with Crippen molar-refractivity contribution in [3.63, 3.8) is 0 Å². The summed E-state index contributed by atoms with van der Waals surface area (Å²) in [6.07, 6.45) is 1.49. The minimum absolute atomic E-state index is 0.131. The molecule has 3 aromatic rings. The Labute approximate surface area is 147 Å². The predicted octanol–water partition coefficient (Wildman–Crippen LogP) is 3.36. The molecule has 0 amide bonds. The van der Waals surface area contributed by atoms with Crippen molar-refractivity contribution in [1.82, 2.24) is 10.2 Å². The van der Waals surface area contributed by atoms with Gasteiger partial charge in [0.2, 0.25) is 0 Å². The molecular weight excluding hydrogens is 352 g/mol. The van der Waals surface area contributed by atoms with Crippen LogP contribution in [0.3, 0.4) is 0 Å². The normalized spacial score (nSPS) is 10.5. The topological polar surface area (TPSA) is 96.8 Å². The van der Waals surface area contributed by atoms with Crippen molar-refractivity contribution in [2.75, 3.05) is 14.2 Å². The zero-order chi connectivity index (χ0) is 17.8. The molecule has 0 saturated heterocycles. The monoisotopic (exact) mass is 364 g/mol. The van der Waals surface area contributed by atoms with Gasteiger partial charge in [-0.15, -0.1) is 10.2 Å². The first-order valence-corrected chi connectivity index (χ1v) is 7.45. The quantitative estimate of drug-likeness (QED) is 0.614. The lowest BCUT2D eigenvalue weighted by Gasteiger charge is -2.11. The largest absolute Gasteiger partial charge is 0.493 e. The van der Waals surface area contributed by atoms with Crippen LogP contribution >= 0.6 is 11.6 Å². The summed E-state index contributed by atoms with van der Waals surface area (Å²) < 4.78 is 25.9. The lowest BCUT2D eigenvalue weighted by molar-refractivity contribution is 0.0438. The molecule has 0 aliphatic rings. The highest BCUT2D eigenvalue weighted by atomic mass is 35.5. The molecule has 0 saturated carbocycles. The second-order valence-corrected chi connectivity index (χ2v) is 5.16. The molecule has 2 aromatic heterocycles. The van der Waals surface area contributed by atoms with Gasteiger partial charge in [0.25, 0.3) is 11.8 Å². The van der Waals surface area contributed by atoms with Crippen molar-refractivity contribution in [1.29, 1.82) is 0 Å². The molecule has 0 aliphatic heterocycles. The van der Waals surface area contributed by atoms with Gasteiger partial charge in [0.05, 0.1) is 31.1 Å². The average Bonchev–Trinajstić information content (AvgIpc) is 3.29. The van der Waals surface area contributed by atoms with E-state index in [0.717, 1.165) is 0 Å². The summed E-state index contributed by atoms with van der Waals surface area (Å²) in [6, 6.07) is 6.26. The molecule has 0 fully saturated rings. The van der Waals surface area contributed by atoms with E-state index in [0.29, 0.717) is 17.3 Å². The van der Waals surface area contributed by atoms with Gasteiger partial charge in [-0.1, -0.05) is 11.6 Å². The number of carbonyl (C=O) groups is 1. The SMILES string of the molecule is COc1cc(C(=O)OCc2nnc(-c3ccco3)o2)cc(Cl)c1OC. The van der Waals surface area contributed by atoms with Gasteiger partial charge in [-0.2, -0.15) is 0 Å². The Morgan fingerprint density at radius 2 is 2.08 bits per heavy atom. The van der Waals surface area contributed by atoms with Gasteiger partial charge in [-0.05, 0) is 24.3 Å². The first kappa shape index (κ1) is 16.8. The van der Waals surface area contributed by atoms with Gasteiger partial charge in [0.1, 0.15) is 0 Å². The smallest absolute Gasteiger partial charge is 0.338 e. The van der Waals surface area contributed by atoms with Crippen LogP contribution < -0.4 is 9.47 Å². The summed E-state index contributed by atoms with van der Waals surface area (Å²) in [4.78, 5) is 12.2. The van der Waals surface area contributed by atoms with E-state index in [-0.39, 0.29) is 29.0 Å². The molecule has 3 rings (SSSR count). The van der Waals surface area contributed by atoms with Crippen molar-refractivity contribution in [2.45, 2.75) is 6.61 Å². The Morgan fingerprint density at radius 3 is 2.76 bits per heavy atom. The van der Waals surface area contributed by atoms with Crippen molar-refractivity contribution < 1.29 is 27.8 Å². The fourth-order valence-electron chi connectivity index (χ4n) is 2.06. The molecule has 0 atom stereocenters. The van der Waals surface area contributed by atoms with Crippen LogP contribution in [0.2, 0.25) is 5.02 Å². The van der Waals surface area contributed by atoms with Crippen molar-refractivity contribution in [2.24, 2.45) is 0 Å². The minimum Gasteiger partial charge on any atom is -0.493 e. The second kappa shape index (κ2) is 7.27. The number of aromatic nitrogens is 2. The molecule has 1 aromatic carbocycles. The fraction of sp³-hybridized carbons (Fsp3) is 0.188. The van der Waals surface area contributed by atoms with Crippen molar-refractivity contribution >= 4 is 17.6 Å². The van der Waals surface area contributed by atoms with Crippen LogP contribution in [0, 0.1) is 0 Å². The number of rotatable bonds is 6. The molecule has 9 heteroatoms. The Balaban J connectivity index is 1.70. The Morgan fingerprint density at radius 1 is 1.24 bits per heavy atom. The van der Waals surface area contributed by atoms with Crippen LogP contribution in [-0.4, -0.2) is 30.4 Å². The van der Waals surface area contributed by atoms with Crippen LogP contribution in [-0.2, 0) is 11.3 Å². The number of benzene rings is 1. The van der Waals surface area contributed by atoms with Crippen LogP contribution in [0.1, 0.15) is 16.2 Å². The number of hydrogen-bond acceptors (Lipinski definition) is 8. The molecule has 0 radical (unpaired) electrons. The summed E-state index contributed by atoms with van der Waals surface area (Å²) in [5.74, 6) is 0.787. The average molecular weight is 365 g/mol. The number of esters is 1. The third-order valence-corrected chi connectivity index (χ3v) is 3.48. The summed E-state index contributed by atoms with van der Waals surface area (Å²) in [6.45, 7) is -0.196. The second-order valence-electron chi connectivity index (χ2n) is 4.75. The van der Waals surface area contributed by atoms with E-state index in [1.54, 1.807) is 12.1 Å². The zero-order valence-corrected chi connectivity index (χ0v) is 14.1. The maximum absolute atomic E-state index is 12.2. The van der Waals surface area contributed by atoms with Crippen LogP contribution in [0.15, 0.2) is 39.4 Å². The highest BCUT2D eigenvalue weighted by Crippen LogP contribution is 2.36. The van der Waals surface area contributed by atoms with E-state index >= 15 is 0 Å². The molecule has 0 unspecified atom stereocenters. The summed E-state index contributed by atoms with van der Waals surface area (Å²) >= 11 is 6.07. The van der Waals surface area contributed by atoms with Crippen LogP contribution in [0.4, 0.5) is 0 Å². The molecule has 0 bridgehead atoms. The van der Waals surface area contributed by atoms with Crippen LogP contribution in [0.25, 0.3) is 11.7 Å². The number of nitrogens with zero attached hydrogens (tertiary/aromatic N) is 2. The van der Waals surface area contributed by atoms with Gasteiger partial charge in [0.15, 0.2) is 23.9 Å². The lowest BCUT2D eigenvalue weighted by Crippen LogP contribution is -2.06. The lowest BCUT2D eigenvalue weighted by atomic mass is 10.2. The Bertz CT molecular complexity index is 875. The van der Waals surface area contributed by atoms with Crippen LogP contribution in [0.5, 0.6) is 11.5 Å². The van der Waals surface area contributed by atoms with Gasteiger partial charge in [-0.3, -0.25) is 0 Å². The number of methoxy groups -OCH3 is 2. The number of halogens is 1. The maximum atomic E-state index is 12.2. The molecule has 0 spiro atoms. The van der Waals surface area contributed by atoms with Gasteiger partial charge in [0, 0.05) is 0 Å². The molecule has 0 N–H and O–H groups in total. The van der Waals surface area contributed by atoms with Crippen molar-refractivity contribution in [3.05, 3.63) is 47.0 Å². The molecule has 8 nitrogen and oxygen atoms in total. The first-order valence-electron chi connectivity index (χ1n) is 7.07. The van der Waals surface area contributed by atoms with E-state index in [9.17, 15) is 4.79 Å². The van der Waals surface area contributed by atoms with E-state index in [1.165, 1.54) is 32.6 Å². The number of ether oxygens (including phenoxy) is 3. The van der Waals surface area contributed by atoms with E-state index < -0.39 is 5.97 Å². The predicted molar refractivity (Wildman–Crippen MR) is 85.7 cm³/mol. The van der Waals surface area contributed by atoms with Gasteiger partial charge < -0.3 is 23.0 Å². The van der Waals surface area contributed by atoms with E-state index in [1.807, 2.05) is 0 Å².